The van der Waals surface area contributed by atoms with E-state index in [0.29, 0.717) is 13.0 Å². The van der Waals surface area contributed by atoms with E-state index in [1.54, 1.807) is 7.11 Å². The van der Waals surface area contributed by atoms with Gasteiger partial charge in [0.1, 0.15) is 12.2 Å². The fourth-order valence-corrected chi connectivity index (χ4v) is 3.45. The van der Waals surface area contributed by atoms with Crippen molar-refractivity contribution >= 4 is 11.9 Å². The van der Waals surface area contributed by atoms with Crippen LogP contribution in [-0.2, 0) is 23.8 Å². The van der Waals surface area contributed by atoms with Crippen molar-refractivity contribution in [2.75, 3.05) is 20.3 Å². The molecule has 3 unspecified atom stereocenters. The summed E-state index contributed by atoms with van der Waals surface area (Å²) >= 11 is 0. The number of ether oxygens (including phenoxy) is 3. The molecular weight excluding hydrogens is 302 g/mol. The zero-order valence-electron chi connectivity index (χ0n) is 13.8. The Morgan fingerprint density at radius 2 is 1.96 bits per heavy atom. The van der Waals surface area contributed by atoms with Gasteiger partial charge in [-0.3, -0.25) is 9.59 Å². The molecule has 5 atom stereocenters. The minimum absolute atomic E-state index is 0.0497. The predicted octanol–water partition coefficient (Wildman–Crippen LogP) is 0.389. The van der Waals surface area contributed by atoms with Gasteiger partial charge >= 0.3 is 5.97 Å². The van der Waals surface area contributed by atoms with Crippen LogP contribution in [0.5, 0.6) is 0 Å². The Balaban J connectivity index is 1.80. The summed E-state index contributed by atoms with van der Waals surface area (Å²) in [6.45, 7) is 2.18. The highest BCUT2D eigenvalue weighted by molar-refractivity contribution is 5.80. The van der Waals surface area contributed by atoms with Crippen LogP contribution >= 0.6 is 0 Å². The molecule has 1 amide bonds. The van der Waals surface area contributed by atoms with E-state index in [1.165, 1.54) is 6.92 Å². The van der Waals surface area contributed by atoms with Crippen LogP contribution in [0.3, 0.4) is 0 Å². The summed E-state index contributed by atoms with van der Waals surface area (Å²) in [6, 6.07) is 0. The number of esters is 1. The highest BCUT2D eigenvalue weighted by Gasteiger charge is 2.58. The van der Waals surface area contributed by atoms with Gasteiger partial charge in [0, 0.05) is 27.2 Å². The van der Waals surface area contributed by atoms with Gasteiger partial charge in [-0.05, 0) is 19.3 Å². The second-order valence-corrected chi connectivity index (χ2v) is 6.18. The van der Waals surface area contributed by atoms with Crippen LogP contribution in [0, 0.1) is 5.92 Å². The highest BCUT2D eigenvalue weighted by Crippen LogP contribution is 2.42. The first-order chi connectivity index (χ1) is 11.1. The van der Waals surface area contributed by atoms with E-state index in [-0.39, 0.29) is 30.6 Å². The number of carbonyl (C=O) groups is 2. The van der Waals surface area contributed by atoms with Gasteiger partial charge in [-0.15, -0.1) is 0 Å². The Kier molecular flexibility index (Phi) is 6.80. The molecule has 0 aromatic heterocycles. The SMILES string of the molecule is COC1C2CC(C(=O)NCCCCCCO)[C@H](O2)[C@H]1OC(C)=O. The normalized spacial score (nSPS) is 32.0. The first-order valence-corrected chi connectivity index (χ1v) is 8.32. The summed E-state index contributed by atoms with van der Waals surface area (Å²) in [4.78, 5) is 23.6. The van der Waals surface area contributed by atoms with Gasteiger partial charge in [0.15, 0.2) is 6.10 Å². The average Bonchev–Trinajstić information content (AvgIpc) is 3.08. The lowest BCUT2D eigenvalue weighted by molar-refractivity contribution is -0.158. The molecule has 0 spiro atoms. The zero-order chi connectivity index (χ0) is 16.8. The molecule has 0 aromatic rings. The maximum absolute atomic E-state index is 12.3. The number of aliphatic hydroxyl groups is 1. The van der Waals surface area contributed by atoms with Crippen LogP contribution in [-0.4, -0.2) is 61.7 Å². The summed E-state index contributed by atoms with van der Waals surface area (Å²) < 4.78 is 16.5. The van der Waals surface area contributed by atoms with E-state index >= 15 is 0 Å². The number of rotatable bonds is 9. The Hall–Kier alpha value is -1.18. The first-order valence-electron chi connectivity index (χ1n) is 8.32. The van der Waals surface area contributed by atoms with Crippen LogP contribution in [0.2, 0.25) is 0 Å². The van der Waals surface area contributed by atoms with Crippen molar-refractivity contribution in [3.63, 3.8) is 0 Å². The molecule has 0 aliphatic carbocycles. The second-order valence-electron chi connectivity index (χ2n) is 6.18. The van der Waals surface area contributed by atoms with Crippen molar-refractivity contribution in [1.82, 2.24) is 5.32 Å². The molecule has 2 saturated heterocycles. The largest absolute Gasteiger partial charge is 0.457 e. The molecule has 2 heterocycles. The Morgan fingerprint density at radius 3 is 2.61 bits per heavy atom. The third kappa shape index (κ3) is 4.43. The summed E-state index contributed by atoms with van der Waals surface area (Å²) in [5.41, 5.74) is 0. The van der Waals surface area contributed by atoms with E-state index < -0.39 is 18.2 Å². The number of nitrogens with one attached hydrogen (secondary N) is 1. The summed E-state index contributed by atoms with van der Waals surface area (Å²) in [5, 5.41) is 11.6. The average molecular weight is 329 g/mol. The fourth-order valence-electron chi connectivity index (χ4n) is 3.45. The van der Waals surface area contributed by atoms with Crippen molar-refractivity contribution in [2.45, 2.75) is 63.4 Å². The maximum atomic E-state index is 12.3. The lowest BCUT2D eigenvalue weighted by Gasteiger charge is -2.30. The van der Waals surface area contributed by atoms with Gasteiger partial charge in [0.2, 0.25) is 5.91 Å². The lowest BCUT2D eigenvalue weighted by atomic mass is 9.84. The molecular formula is C16H27NO6. The van der Waals surface area contributed by atoms with E-state index in [1.807, 2.05) is 0 Å². The predicted molar refractivity (Wildman–Crippen MR) is 81.7 cm³/mol. The van der Waals surface area contributed by atoms with E-state index in [4.69, 9.17) is 19.3 Å². The number of unbranched alkanes of at least 4 members (excludes halogenated alkanes) is 3. The van der Waals surface area contributed by atoms with Crippen LogP contribution in [0.1, 0.15) is 39.0 Å². The van der Waals surface area contributed by atoms with E-state index in [9.17, 15) is 9.59 Å². The molecule has 0 radical (unpaired) electrons. The Bertz CT molecular complexity index is 415. The topological polar surface area (TPSA) is 94.1 Å². The van der Waals surface area contributed by atoms with Gasteiger partial charge in [-0.2, -0.15) is 0 Å². The molecule has 2 aliphatic heterocycles. The van der Waals surface area contributed by atoms with E-state index in [0.717, 1.165) is 25.7 Å². The molecule has 2 aliphatic rings. The van der Waals surface area contributed by atoms with Crippen molar-refractivity contribution < 1.29 is 28.9 Å². The number of aliphatic hydroxyl groups excluding tert-OH is 1. The zero-order valence-corrected chi connectivity index (χ0v) is 13.8. The molecule has 7 heteroatoms. The minimum Gasteiger partial charge on any atom is -0.457 e. The van der Waals surface area contributed by atoms with Crippen LogP contribution in [0.25, 0.3) is 0 Å². The Labute approximate surface area is 136 Å². The number of methoxy groups -OCH3 is 1. The van der Waals surface area contributed by atoms with Crippen LogP contribution < -0.4 is 5.32 Å². The third-order valence-corrected chi connectivity index (χ3v) is 4.52. The van der Waals surface area contributed by atoms with Gasteiger partial charge in [0.05, 0.1) is 12.0 Å². The Morgan fingerprint density at radius 1 is 1.22 bits per heavy atom. The molecule has 2 bridgehead atoms. The summed E-state index contributed by atoms with van der Waals surface area (Å²) in [7, 11) is 1.56. The van der Waals surface area contributed by atoms with Gasteiger partial charge in [-0.25, -0.2) is 0 Å². The maximum Gasteiger partial charge on any atom is 0.303 e. The fraction of sp³-hybridized carbons (Fsp3) is 0.875. The van der Waals surface area contributed by atoms with Crippen molar-refractivity contribution in [3.05, 3.63) is 0 Å². The molecule has 2 rings (SSSR count). The van der Waals surface area contributed by atoms with Gasteiger partial charge in [0.25, 0.3) is 0 Å². The smallest absolute Gasteiger partial charge is 0.303 e. The molecule has 23 heavy (non-hydrogen) atoms. The van der Waals surface area contributed by atoms with Gasteiger partial charge < -0.3 is 24.6 Å². The van der Waals surface area contributed by atoms with Crippen LogP contribution in [0.4, 0.5) is 0 Å². The summed E-state index contributed by atoms with van der Waals surface area (Å²) in [6.07, 6.45) is 2.79. The molecule has 2 N–H and O–H groups in total. The summed E-state index contributed by atoms with van der Waals surface area (Å²) in [5.74, 6) is -0.740. The molecule has 0 aromatic carbocycles. The monoisotopic (exact) mass is 329 g/mol. The molecule has 0 saturated carbocycles. The molecule has 132 valence electrons. The number of fused-ring (bicyclic) bond motifs is 2. The quantitative estimate of drug-likeness (QED) is 0.469. The number of hydrogen-bond acceptors (Lipinski definition) is 6. The lowest BCUT2D eigenvalue weighted by Crippen LogP contribution is -2.49. The minimum atomic E-state index is -0.517. The number of hydrogen-bond donors (Lipinski definition) is 2. The van der Waals surface area contributed by atoms with Crippen molar-refractivity contribution in [1.29, 1.82) is 0 Å². The first kappa shape index (κ1) is 18.2. The highest BCUT2D eigenvalue weighted by atomic mass is 16.6. The number of amides is 1. The van der Waals surface area contributed by atoms with Crippen LogP contribution in [0.15, 0.2) is 0 Å². The van der Waals surface area contributed by atoms with Gasteiger partial charge in [-0.1, -0.05) is 12.8 Å². The molecule has 7 nitrogen and oxygen atoms in total. The third-order valence-electron chi connectivity index (χ3n) is 4.52. The van der Waals surface area contributed by atoms with Crippen molar-refractivity contribution in [2.24, 2.45) is 5.92 Å². The van der Waals surface area contributed by atoms with Crippen molar-refractivity contribution in [3.8, 4) is 0 Å². The van der Waals surface area contributed by atoms with E-state index in [2.05, 4.69) is 5.32 Å². The number of carbonyl (C=O) groups excluding carboxylic acids is 2. The standard InChI is InChI=1S/C16H27NO6/c1-10(19)22-15-13-11(9-12(23-13)14(15)21-2)16(20)17-7-5-3-4-6-8-18/h11-15,18H,3-9H2,1-2H3,(H,17,20)/t11?,12?,13-,14?,15+/m0/s1. The molecule has 2 fully saturated rings. The second kappa shape index (κ2) is 8.61.